The Morgan fingerprint density at radius 1 is 1.00 bits per heavy atom. The smallest absolute Gasteiger partial charge is 0.163 e. The highest BCUT2D eigenvalue weighted by Gasteiger charge is 2.38. The van der Waals surface area contributed by atoms with Gasteiger partial charge in [0, 0.05) is 0 Å². The molecule has 0 bridgehead atoms. The van der Waals surface area contributed by atoms with E-state index in [9.17, 15) is 0 Å². The average molecular weight is 158 g/mol. The van der Waals surface area contributed by atoms with Gasteiger partial charge in [-0.3, -0.25) is 0 Å². The lowest BCUT2D eigenvalue weighted by Crippen LogP contribution is -2.21. The van der Waals surface area contributed by atoms with Crippen molar-refractivity contribution in [3.8, 4) is 0 Å². The Balaban J connectivity index is 2.55. The molecule has 0 amide bonds. The SMILES string of the molecule is CC[C@H]1OC(C)(C)O[C@@H]1CC. The minimum absolute atomic E-state index is 0.301. The Labute approximate surface area is 68.9 Å². The molecule has 0 N–H and O–H groups in total. The van der Waals surface area contributed by atoms with E-state index in [-0.39, 0.29) is 5.79 Å². The fraction of sp³-hybridized carbons (Fsp3) is 1.00. The van der Waals surface area contributed by atoms with Crippen molar-refractivity contribution in [1.29, 1.82) is 0 Å². The van der Waals surface area contributed by atoms with Gasteiger partial charge in [0.05, 0.1) is 12.2 Å². The largest absolute Gasteiger partial charge is 0.345 e. The van der Waals surface area contributed by atoms with Crippen LogP contribution >= 0.6 is 0 Å². The van der Waals surface area contributed by atoms with Crippen LogP contribution in [0.5, 0.6) is 0 Å². The maximum absolute atomic E-state index is 5.68. The van der Waals surface area contributed by atoms with E-state index in [1.54, 1.807) is 0 Å². The Morgan fingerprint density at radius 3 is 1.64 bits per heavy atom. The molecule has 1 fully saturated rings. The van der Waals surface area contributed by atoms with Gasteiger partial charge in [0.1, 0.15) is 0 Å². The minimum Gasteiger partial charge on any atom is -0.345 e. The van der Waals surface area contributed by atoms with Crippen molar-refractivity contribution in [2.24, 2.45) is 0 Å². The summed E-state index contributed by atoms with van der Waals surface area (Å²) in [6.07, 6.45) is 2.69. The van der Waals surface area contributed by atoms with E-state index < -0.39 is 0 Å². The quantitative estimate of drug-likeness (QED) is 0.614. The van der Waals surface area contributed by atoms with Crippen LogP contribution in [0, 0.1) is 0 Å². The highest BCUT2D eigenvalue weighted by molar-refractivity contribution is 4.79. The van der Waals surface area contributed by atoms with Gasteiger partial charge < -0.3 is 9.47 Å². The predicted molar refractivity (Wildman–Crippen MR) is 44.4 cm³/mol. The average Bonchev–Trinajstić information content (AvgIpc) is 2.25. The summed E-state index contributed by atoms with van der Waals surface area (Å²) in [5, 5.41) is 0. The van der Waals surface area contributed by atoms with Gasteiger partial charge in [-0.05, 0) is 26.7 Å². The van der Waals surface area contributed by atoms with Crippen LogP contribution in [-0.4, -0.2) is 18.0 Å². The van der Waals surface area contributed by atoms with Crippen molar-refractivity contribution in [3.63, 3.8) is 0 Å². The Kier molecular flexibility index (Phi) is 2.55. The second kappa shape index (κ2) is 3.11. The fourth-order valence-electron chi connectivity index (χ4n) is 1.60. The first-order valence-electron chi connectivity index (χ1n) is 4.44. The van der Waals surface area contributed by atoms with Crippen LogP contribution in [0.2, 0.25) is 0 Å². The van der Waals surface area contributed by atoms with Crippen LogP contribution in [0.4, 0.5) is 0 Å². The first-order chi connectivity index (χ1) is 5.09. The van der Waals surface area contributed by atoms with E-state index in [4.69, 9.17) is 9.47 Å². The van der Waals surface area contributed by atoms with E-state index in [1.165, 1.54) is 0 Å². The van der Waals surface area contributed by atoms with Gasteiger partial charge in [0.15, 0.2) is 5.79 Å². The molecule has 1 aliphatic heterocycles. The lowest BCUT2D eigenvalue weighted by atomic mass is 10.1. The molecule has 0 aromatic rings. The van der Waals surface area contributed by atoms with Crippen molar-refractivity contribution in [2.45, 2.75) is 58.5 Å². The van der Waals surface area contributed by atoms with E-state index in [1.807, 2.05) is 13.8 Å². The molecule has 0 spiro atoms. The Bertz CT molecular complexity index is 118. The van der Waals surface area contributed by atoms with Crippen LogP contribution in [0.15, 0.2) is 0 Å². The van der Waals surface area contributed by atoms with Gasteiger partial charge in [-0.2, -0.15) is 0 Å². The van der Waals surface area contributed by atoms with Crippen molar-refractivity contribution in [3.05, 3.63) is 0 Å². The van der Waals surface area contributed by atoms with Crippen LogP contribution in [0.25, 0.3) is 0 Å². The molecular formula is C9H18O2. The lowest BCUT2D eigenvalue weighted by molar-refractivity contribution is -0.146. The maximum Gasteiger partial charge on any atom is 0.163 e. The summed E-state index contributed by atoms with van der Waals surface area (Å²) in [4.78, 5) is 0. The number of ether oxygens (including phenoxy) is 2. The lowest BCUT2D eigenvalue weighted by Gasteiger charge is -2.16. The highest BCUT2D eigenvalue weighted by atomic mass is 16.7. The molecule has 66 valence electrons. The number of rotatable bonds is 2. The van der Waals surface area contributed by atoms with Crippen molar-refractivity contribution < 1.29 is 9.47 Å². The normalized spacial score (nSPS) is 36.0. The second-order valence-corrected chi connectivity index (χ2v) is 3.53. The van der Waals surface area contributed by atoms with Crippen molar-refractivity contribution >= 4 is 0 Å². The minimum atomic E-state index is -0.360. The van der Waals surface area contributed by atoms with Gasteiger partial charge in [0.2, 0.25) is 0 Å². The molecule has 0 radical (unpaired) electrons. The zero-order chi connectivity index (χ0) is 8.48. The van der Waals surface area contributed by atoms with E-state index in [2.05, 4.69) is 13.8 Å². The number of hydrogen-bond donors (Lipinski definition) is 0. The van der Waals surface area contributed by atoms with Crippen molar-refractivity contribution in [1.82, 2.24) is 0 Å². The molecular weight excluding hydrogens is 140 g/mol. The summed E-state index contributed by atoms with van der Waals surface area (Å²) in [5.74, 6) is -0.360. The zero-order valence-electron chi connectivity index (χ0n) is 7.89. The van der Waals surface area contributed by atoms with Gasteiger partial charge >= 0.3 is 0 Å². The zero-order valence-corrected chi connectivity index (χ0v) is 7.89. The second-order valence-electron chi connectivity index (χ2n) is 3.53. The summed E-state index contributed by atoms with van der Waals surface area (Å²) in [5.41, 5.74) is 0. The van der Waals surface area contributed by atoms with Crippen LogP contribution in [-0.2, 0) is 9.47 Å². The summed E-state index contributed by atoms with van der Waals surface area (Å²) >= 11 is 0. The molecule has 1 aliphatic rings. The summed E-state index contributed by atoms with van der Waals surface area (Å²) < 4.78 is 11.4. The molecule has 0 aliphatic carbocycles. The highest BCUT2D eigenvalue weighted by Crippen LogP contribution is 2.30. The van der Waals surface area contributed by atoms with Crippen LogP contribution in [0.3, 0.4) is 0 Å². The third-order valence-corrected chi connectivity index (χ3v) is 2.09. The molecule has 0 unspecified atom stereocenters. The molecule has 11 heavy (non-hydrogen) atoms. The molecule has 1 rings (SSSR count). The summed E-state index contributed by atoms with van der Waals surface area (Å²) in [7, 11) is 0. The molecule has 2 heteroatoms. The van der Waals surface area contributed by atoms with E-state index in [0.717, 1.165) is 12.8 Å². The van der Waals surface area contributed by atoms with Crippen LogP contribution < -0.4 is 0 Å². The molecule has 2 atom stereocenters. The molecule has 1 saturated heterocycles. The Morgan fingerprint density at radius 2 is 1.36 bits per heavy atom. The van der Waals surface area contributed by atoms with Gasteiger partial charge in [-0.1, -0.05) is 13.8 Å². The first kappa shape index (κ1) is 9.01. The topological polar surface area (TPSA) is 18.5 Å². The van der Waals surface area contributed by atoms with Crippen LogP contribution in [0.1, 0.15) is 40.5 Å². The molecule has 2 nitrogen and oxygen atoms in total. The predicted octanol–water partition coefficient (Wildman–Crippen LogP) is 2.33. The molecule has 0 aromatic carbocycles. The fourth-order valence-corrected chi connectivity index (χ4v) is 1.60. The first-order valence-corrected chi connectivity index (χ1v) is 4.44. The van der Waals surface area contributed by atoms with Gasteiger partial charge in [-0.25, -0.2) is 0 Å². The number of hydrogen-bond acceptors (Lipinski definition) is 2. The van der Waals surface area contributed by atoms with E-state index >= 15 is 0 Å². The maximum atomic E-state index is 5.68. The van der Waals surface area contributed by atoms with E-state index in [0.29, 0.717) is 12.2 Å². The summed E-state index contributed by atoms with van der Waals surface area (Å²) in [6.45, 7) is 8.23. The molecule has 0 saturated carbocycles. The van der Waals surface area contributed by atoms with Crippen molar-refractivity contribution in [2.75, 3.05) is 0 Å². The monoisotopic (exact) mass is 158 g/mol. The summed E-state index contributed by atoms with van der Waals surface area (Å²) in [6, 6.07) is 0. The standard InChI is InChI=1S/C9H18O2/c1-5-7-8(6-2)11-9(3,4)10-7/h7-8H,5-6H2,1-4H3/t7-,8-/m1/s1. The third kappa shape index (κ3) is 1.94. The Hall–Kier alpha value is -0.0800. The van der Waals surface area contributed by atoms with Gasteiger partial charge in [0.25, 0.3) is 0 Å². The van der Waals surface area contributed by atoms with Gasteiger partial charge in [-0.15, -0.1) is 0 Å². The molecule has 0 aromatic heterocycles. The third-order valence-electron chi connectivity index (χ3n) is 2.09. The molecule has 1 heterocycles.